The number of quaternary nitrogens is 1. The van der Waals surface area contributed by atoms with Crippen LogP contribution in [0, 0.1) is 11.3 Å². The van der Waals surface area contributed by atoms with Gasteiger partial charge < -0.3 is 10.2 Å². The standard InChI is InChI=1S/C20H28N6OS/c1-20(2,3)12-6-7-13-14(10-12)28-19-15(13)17-23-16(24-26(17)11-22-19)18(27)21-8-9-25(4)5/h11-12H,6-10H2,1-5H3,(H,21,27)/p+1/t12-/m1/s1. The van der Waals surface area contributed by atoms with Crippen LogP contribution in [0.5, 0.6) is 0 Å². The molecular formula is C20H29N6OS+. The molecule has 0 bridgehead atoms. The van der Waals surface area contributed by atoms with Crippen molar-refractivity contribution in [3.8, 4) is 0 Å². The third-order valence-electron chi connectivity index (χ3n) is 5.72. The van der Waals surface area contributed by atoms with Crippen LogP contribution in [-0.4, -0.2) is 52.7 Å². The zero-order valence-corrected chi connectivity index (χ0v) is 18.1. The Kier molecular flexibility index (Phi) is 4.87. The molecule has 8 heteroatoms. The van der Waals surface area contributed by atoms with Gasteiger partial charge in [0.25, 0.3) is 5.91 Å². The number of amides is 1. The lowest BCUT2D eigenvalue weighted by atomic mass is 9.72. The average molecular weight is 402 g/mol. The summed E-state index contributed by atoms with van der Waals surface area (Å²) in [5.41, 5.74) is 2.42. The van der Waals surface area contributed by atoms with E-state index in [1.807, 2.05) is 0 Å². The summed E-state index contributed by atoms with van der Waals surface area (Å²) in [7, 11) is 4.11. The molecule has 0 radical (unpaired) electrons. The highest BCUT2D eigenvalue weighted by atomic mass is 32.1. The summed E-state index contributed by atoms with van der Waals surface area (Å²) in [5, 5.41) is 8.36. The van der Waals surface area contributed by atoms with Crippen molar-refractivity contribution < 1.29 is 9.69 Å². The Morgan fingerprint density at radius 2 is 2.18 bits per heavy atom. The molecule has 1 aliphatic rings. The fourth-order valence-electron chi connectivity index (χ4n) is 3.91. The number of thiophene rings is 1. The van der Waals surface area contributed by atoms with Crippen LogP contribution in [0.25, 0.3) is 15.9 Å². The molecule has 150 valence electrons. The van der Waals surface area contributed by atoms with Crippen LogP contribution in [-0.2, 0) is 12.8 Å². The minimum absolute atomic E-state index is 0.214. The maximum atomic E-state index is 12.4. The third-order valence-corrected chi connectivity index (χ3v) is 6.89. The van der Waals surface area contributed by atoms with E-state index in [1.165, 1.54) is 21.8 Å². The molecule has 0 spiro atoms. The fraction of sp³-hybridized carbons (Fsp3) is 0.600. The molecule has 7 nitrogen and oxygen atoms in total. The Morgan fingerprint density at radius 3 is 2.89 bits per heavy atom. The zero-order chi connectivity index (χ0) is 20.1. The van der Waals surface area contributed by atoms with Gasteiger partial charge in [-0.2, -0.15) is 0 Å². The van der Waals surface area contributed by atoms with Crippen molar-refractivity contribution in [1.82, 2.24) is 24.9 Å². The van der Waals surface area contributed by atoms with Crippen molar-refractivity contribution in [2.24, 2.45) is 11.3 Å². The normalized spacial score (nSPS) is 17.4. The van der Waals surface area contributed by atoms with Gasteiger partial charge in [-0.3, -0.25) is 4.79 Å². The molecule has 0 saturated heterocycles. The number of aryl methyl sites for hydroxylation is 1. The highest BCUT2D eigenvalue weighted by Gasteiger charge is 2.32. The van der Waals surface area contributed by atoms with Crippen molar-refractivity contribution in [3.63, 3.8) is 0 Å². The number of likely N-dealkylation sites (N-methyl/N-ethyl adjacent to an activating group) is 1. The average Bonchev–Trinajstić information content (AvgIpc) is 3.20. The molecule has 0 unspecified atom stereocenters. The lowest BCUT2D eigenvalue weighted by molar-refractivity contribution is -0.856. The number of rotatable bonds is 4. The molecule has 0 aromatic carbocycles. The molecule has 1 aliphatic carbocycles. The Hall–Kier alpha value is -2.06. The van der Waals surface area contributed by atoms with Crippen molar-refractivity contribution in [2.45, 2.75) is 40.0 Å². The number of nitrogens with zero attached hydrogens (tertiary/aromatic N) is 4. The van der Waals surface area contributed by atoms with Gasteiger partial charge in [0.2, 0.25) is 5.82 Å². The summed E-state index contributed by atoms with van der Waals surface area (Å²) in [6.45, 7) is 8.44. The Morgan fingerprint density at radius 1 is 1.39 bits per heavy atom. The first-order chi connectivity index (χ1) is 13.2. The second-order valence-corrected chi connectivity index (χ2v) is 10.2. The number of aromatic nitrogens is 4. The Labute approximate surface area is 169 Å². The molecular weight excluding hydrogens is 372 g/mol. The van der Waals surface area contributed by atoms with Crippen molar-refractivity contribution in [1.29, 1.82) is 0 Å². The number of hydrogen-bond donors (Lipinski definition) is 2. The third kappa shape index (κ3) is 3.51. The van der Waals surface area contributed by atoms with Gasteiger partial charge in [0, 0.05) is 4.88 Å². The topological polar surface area (TPSA) is 76.6 Å². The van der Waals surface area contributed by atoms with Crippen molar-refractivity contribution in [3.05, 3.63) is 22.6 Å². The van der Waals surface area contributed by atoms with Gasteiger partial charge in [0.05, 0.1) is 32.6 Å². The number of fused-ring (bicyclic) bond motifs is 5. The smallest absolute Gasteiger partial charge is 0.291 e. The van der Waals surface area contributed by atoms with E-state index in [2.05, 4.69) is 55.2 Å². The first-order valence-corrected chi connectivity index (χ1v) is 10.8. The van der Waals surface area contributed by atoms with E-state index in [1.54, 1.807) is 22.2 Å². The van der Waals surface area contributed by atoms with Crippen LogP contribution in [0.3, 0.4) is 0 Å². The second-order valence-electron chi connectivity index (χ2n) is 9.15. The molecule has 0 aliphatic heterocycles. The maximum absolute atomic E-state index is 12.4. The fourth-order valence-corrected chi connectivity index (χ4v) is 5.18. The van der Waals surface area contributed by atoms with E-state index in [4.69, 9.17) is 0 Å². The van der Waals surface area contributed by atoms with Crippen LogP contribution in [0.2, 0.25) is 0 Å². The summed E-state index contributed by atoms with van der Waals surface area (Å²) < 4.78 is 1.65. The van der Waals surface area contributed by atoms with Gasteiger partial charge in [0.1, 0.15) is 11.2 Å². The molecule has 1 atom stereocenters. The highest BCUT2D eigenvalue weighted by molar-refractivity contribution is 7.19. The number of carbonyl (C=O) groups is 1. The maximum Gasteiger partial charge on any atom is 0.291 e. The lowest BCUT2D eigenvalue weighted by Crippen LogP contribution is -3.06. The van der Waals surface area contributed by atoms with Crippen LogP contribution in [0.1, 0.15) is 48.3 Å². The van der Waals surface area contributed by atoms with Gasteiger partial charge in [0.15, 0.2) is 5.65 Å². The van der Waals surface area contributed by atoms with Gasteiger partial charge >= 0.3 is 0 Å². The molecule has 0 saturated carbocycles. The largest absolute Gasteiger partial charge is 0.344 e. The van der Waals surface area contributed by atoms with Gasteiger partial charge in [-0.1, -0.05) is 20.8 Å². The van der Waals surface area contributed by atoms with E-state index >= 15 is 0 Å². The molecule has 28 heavy (non-hydrogen) atoms. The molecule has 3 heterocycles. The Bertz CT molecular complexity index is 1030. The first kappa shape index (κ1) is 19.3. The van der Waals surface area contributed by atoms with E-state index in [-0.39, 0.29) is 11.7 Å². The molecule has 1 amide bonds. The summed E-state index contributed by atoms with van der Waals surface area (Å²) in [4.78, 5) is 25.3. The predicted octanol–water partition coefficient (Wildman–Crippen LogP) is 1.36. The minimum atomic E-state index is -0.227. The minimum Gasteiger partial charge on any atom is -0.344 e. The monoisotopic (exact) mass is 401 g/mol. The summed E-state index contributed by atoms with van der Waals surface area (Å²) >= 11 is 1.77. The van der Waals surface area contributed by atoms with E-state index in [9.17, 15) is 4.79 Å². The number of nitrogens with one attached hydrogen (secondary N) is 2. The van der Waals surface area contributed by atoms with Gasteiger partial charge in [-0.25, -0.2) is 14.5 Å². The highest BCUT2D eigenvalue weighted by Crippen LogP contribution is 2.43. The van der Waals surface area contributed by atoms with Crippen molar-refractivity contribution >= 4 is 33.1 Å². The number of carbonyl (C=O) groups excluding carboxylic acids is 1. The number of hydrogen-bond acceptors (Lipinski definition) is 5. The van der Waals surface area contributed by atoms with E-state index in [0.717, 1.165) is 35.3 Å². The summed E-state index contributed by atoms with van der Waals surface area (Å²) in [6.07, 6.45) is 4.99. The first-order valence-electron chi connectivity index (χ1n) is 9.97. The van der Waals surface area contributed by atoms with Crippen molar-refractivity contribution in [2.75, 3.05) is 27.2 Å². The predicted molar refractivity (Wildman–Crippen MR) is 111 cm³/mol. The second kappa shape index (κ2) is 7.08. The van der Waals surface area contributed by atoms with Gasteiger partial charge in [-0.05, 0) is 36.2 Å². The van der Waals surface area contributed by atoms with Crippen LogP contribution < -0.4 is 10.2 Å². The summed E-state index contributed by atoms with van der Waals surface area (Å²) in [6, 6.07) is 0. The molecule has 3 aromatic heterocycles. The lowest BCUT2D eigenvalue weighted by Gasteiger charge is -2.33. The molecule has 0 fully saturated rings. The Balaban J connectivity index is 1.68. The summed E-state index contributed by atoms with van der Waals surface area (Å²) in [5.74, 6) is 0.670. The molecule has 2 N–H and O–H groups in total. The SMILES string of the molecule is C[NH+](C)CCNC(=O)c1nc2c3c4c(sc3ncn2n1)C[C@H](C(C)(C)C)CC4. The molecule has 4 rings (SSSR count). The van der Waals surface area contributed by atoms with Gasteiger partial charge in [-0.15, -0.1) is 16.4 Å². The van der Waals surface area contributed by atoms with Crippen LogP contribution in [0.4, 0.5) is 0 Å². The van der Waals surface area contributed by atoms with Crippen LogP contribution >= 0.6 is 11.3 Å². The quantitative estimate of drug-likeness (QED) is 0.692. The van der Waals surface area contributed by atoms with E-state index < -0.39 is 0 Å². The molecule has 3 aromatic rings. The van der Waals surface area contributed by atoms with Crippen LogP contribution in [0.15, 0.2) is 6.33 Å². The zero-order valence-electron chi connectivity index (χ0n) is 17.3. The van der Waals surface area contributed by atoms with E-state index in [0.29, 0.717) is 17.9 Å².